The number of aromatic nitrogens is 2. The average molecular weight is 350 g/mol. The number of carbonyl (C=O) groups excluding carboxylic acids is 1. The molecule has 2 aromatic heterocycles. The average Bonchev–Trinajstić information content (AvgIpc) is 3.00. The van der Waals surface area contributed by atoms with Crippen LogP contribution in [0.15, 0.2) is 52.8 Å². The normalized spacial score (nSPS) is 11.5. The first-order valence-corrected chi connectivity index (χ1v) is 7.46. The molecule has 26 heavy (non-hydrogen) atoms. The summed E-state index contributed by atoms with van der Waals surface area (Å²) < 4.78 is 15.4. The third kappa shape index (κ3) is 3.05. The summed E-state index contributed by atoms with van der Waals surface area (Å²) in [5, 5.41) is 6.90. The number of rotatable bonds is 4. The van der Waals surface area contributed by atoms with Crippen molar-refractivity contribution < 1.29 is 9.18 Å². The Hall–Kier alpha value is -3.87. The smallest absolute Gasteiger partial charge is 0.251 e. The second-order valence-corrected chi connectivity index (χ2v) is 5.39. The van der Waals surface area contributed by atoms with Crippen LogP contribution in [0.1, 0.15) is 29.0 Å². The van der Waals surface area contributed by atoms with E-state index in [1.807, 2.05) is 6.92 Å². The maximum Gasteiger partial charge on any atom is 0.251 e. The van der Waals surface area contributed by atoms with Crippen LogP contribution in [-0.2, 0) is 0 Å². The molecule has 10 heteroatoms. The van der Waals surface area contributed by atoms with Gasteiger partial charge in [0.1, 0.15) is 11.6 Å². The fraction of sp³-hybridized carbons (Fsp3) is 0.125. The van der Waals surface area contributed by atoms with Gasteiger partial charge in [0, 0.05) is 26.9 Å². The molecule has 2 heterocycles. The fourth-order valence-electron chi connectivity index (χ4n) is 2.73. The molecule has 9 nitrogen and oxygen atoms in total. The lowest BCUT2D eigenvalue weighted by Gasteiger charge is -2.15. The molecule has 0 fully saturated rings. The summed E-state index contributed by atoms with van der Waals surface area (Å²) in [7, 11) is 0. The first kappa shape index (κ1) is 17.0. The van der Waals surface area contributed by atoms with Crippen molar-refractivity contribution in [1.29, 1.82) is 0 Å². The summed E-state index contributed by atoms with van der Waals surface area (Å²) in [6.45, 7) is 1.83. The van der Waals surface area contributed by atoms with E-state index < -0.39 is 11.7 Å². The van der Waals surface area contributed by atoms with Gasteiger partial charge in [-0.2, -0.15) is 0 Å². The number of pyridine rings is 1. The molecule has 0 saturated carbocycles. The van der Waals surface area contributed by atoms with Crippen LogP contribution in [0.25, 0.3) is 31.8 Å². The molecule has 3 aromatic rings. The molecular weight excluding hydrogens is 339 g/mol. The number of nitrogens with zero attached hydrogens (tertiary/aromatic N) is 8. The maximum absolute atomic E-state index is 13.7. The lowest BCUT2D eigenvalue weighted by Crippen LogP contribution is -2.07. The zero-order valence-electron chi connectivity index (χ0n) is 13.5. The van der Waals surface area contributed by atoms with Crippen LogP contribution in [0.2, 0.25) is 0 Å². The van der Waals surface area contributed by atoms with Gasteiger partial charge < -0.3 is 4.57 Å². The molecule has 0 bridgehead atoms. The molecule has 0 saturated heterocycles. The van der Waals surface area contributed by atoms with Gasteiger partial charge in [0.2, 0.25) is 0 Å². The lowest BCUT2D eigenvalue weighted by molar-refractivity contribution is 0.100. The minimum Gasteiger partial charge on any atom is -0.338 e. The molecule has 1 amide bonds. The predicted octanol–water partition coefficient (Wildman–Crippen LogP) is 5.18. The van der Waals surface area contributed by atoms with Gasteiger partial charge in [-0.05, 0) is 58.5 Å². The highest BCUT2D eigenvalue weighted by atomic mass is 19.1. The highest BCUT2D eigenvalue weighted by molar-refractivity contribution is 6.07. The van der Waals surface area contributed by atoms with Crippen LogP contribution < -0.4 is 0 Å². The van der Waals surface area contributed by atoms with Crippen LogP contribution in [0.4, 0.5) is 10.2 Å². The fourth-order valence-corrected chi connectivity index (χ4v) is 2.73. The Morgan fingerprint density at radius 3 is 2.81 bits per heavy atom. The van der Waals surface area contributed by atoms with Gasteiger partial charge in [-0.25, -0.2) is 9.37 Å². The topological polar surface area (TPSA) is 132 Å². The molecule has 0 N–H and O–H groups in total. The zero-order valence-corrected chi connectivity index (χ0v) is 13.5. The van der Waals surface area contributed by atoms with Crippen molar-refractivity contribution in [3.63, 3.8) is 0 Å². The second-order valence-electron chi connectivity index (χ2n) is 5.39. The standard InChI is InChI=1S/C16H11FN8O/c1-9(13-3-2-4-15(20-13)21-23-18)25-8-12(16(26)22-24-19)11-7-10(17)5-6-14(11)25/h2-9H,1H3. The minimum atomic E-state index is -0.801. The molecule has 0 aliphatic carbocycles. The monoisotopic (exact) mass is 350 g/mol. The lowest BCUT2D eigenvalue weighted by atomic mass is 10.1. The Morgan fingerprint density at radius 2 is 2.08 bits per heavy atom. The summed E-state index contributed by atoms with van der Waals surface area (Å²) in [4.78, 5) is 21.5. The third-order valence-corrected chi connectivity index (χ3v) is 3.91. The van der Waals surface area contributed by atoms with E-state index in [4.69, 9.17) is 11.1 Å². The molecule has 1 atom stereocenters. The van der Waals surface area contributed by atoms with E-state index >= 15 is 0 Å². The Kier molecular flexibility index (Phi) is 4.53. The summed E-state index contributed by atoms with van der Waals surface area (Å²) in [5.41, 5.74) is 18.3. The number of hydrogen-bond donors (Lipinski definition) is 0. The van der Waals surface area contributed by atoms with Crippen LogP contribution in [0, 0.1) is 5.82 Å². The molecule has 1 aromatic carbocycles. The quantitative estimate of drug-likeness (QED) is 0.364. The second kappa shape index (κ2) is 6.94. The van der Waals surface area contributed by atoms with Gasteiger partial charge in [-0.3, -0.25) is 4.79 Å². The zero-order chi connectivity index (χ0) is 18.7. The first-order chi connectivity index (χ1) is 12.5. The van der Waals surface area contributed by atoms with Crippen LogP contribution in [0.5, 0.6) is 0 Å². The van der Waals surface area contributed by atoms with Crippen molar-refractivity contribution in [3.8, 4) is 0 Å². The van der Waals surface area contributed by atoms with Gasteiger partial charge in [-0.15, -0.1) is 0 Å². The molecule has 0 radical (unpaired) electrons. The molecule has 0 spiro atoms. The number of azide groups is 2. The maximum atomic E-state index is 13.7. The number of benzene rings is 1. The van der Waals surface area contributed by atoms with Crippen LogP contribution in [0.3, 0.4) is 0 Å². The minimum absolute atomic E-state index is 0.0929. The van der Waals surface area contributed by atoms with Crippen molar-refractivity contribution in [2.75, 3.05) is 0 Å². The van der Waals surface area contributed by atoms with Gasteiger partial charge in [0.15, 0.2) is 0 Å². The van der Waals surface area contributed by atoms with Crippen LogP contribution >= 0.6 is 0 Å². The van der Waals surface area contributed by atoms with E-state index in [2.05, 4.69) is 25.0 Å². The van der Waals surface area contributed by atoms with E-state index in [1.165, 1.54) is 24.4 Å². The first-order valence-electron chi connectivity index (χ1n) is 7.46. The molecule has 3 rings (SSSR count). The number of fused-ring (bicyclic) bond motifs is 1. The Morgan fingerprint density at radius 1 is 1.27 bits per heavy atom. The molecule has 0 aliphatic heterocycles. The van der Waals surface area contributed by atoms with E-state index in [0.29, 0.717) is 16.6 Å². The number of halogens is 1. The SMILES string of the molecule is CC(c1cccc(N=[N+]=[N-])n1)n1cc(C(=O)N=[N+]=[N-])c2cc(F)ccc21. The Labute approximate surface area is 145 Å². The van der Waals surface area contributed by atoms with Gasteiger partial charge in [0.25, 0.3) is 5.91 Å². The van der Waals surface area contributed by atoms with Crippen LogP contribution in [-0.4, -0.2) is 15.5 Å². The highest BCUT2D eigenvalue weighted by Crippen LogP contribution is 2.29. The van der Waals surface area contributed by atoms with Crippen molar-refractivity contribution in [2.45, 2.75) is 13.0 Å². The summed E-state index contributed by atoms with van der Waals surface area (Å²) in [6.07, 6.45) is 1.49. The Balaban J connectivity index is 2.18. The molecule has 128 valence electrons. The number of hydrogen-bond acceptors (Lipinski definition) is 3. The van der Waals surface area contributed by atoms with Gasteiger partial charge >= 0.3 is 0 Å². The van der Waals surface area contributed by atoms with Gasteiger partial charge in [0.05, 0.1) is 17.3 Å². The summed E-state index contributed by atoms with van der Waals surface area (Å²) >= 11 is 0. The highest BCUT2D eigenvalue weighted by Gasteiger charge is 2.19. The molecular formula is C16H11FN8O. The van der Waals surface area contributed by atoms with E-state index in [-0.39, 0.29) is 17.4 Å². The third-order valence-electron chi connectivity index (χ3n) is 3.91. The van der Waals surface area contributed by atoms with E-state index in [0.717, 1.165) is 0 Å². The van der Waals surface area contributed by atoms with Crippen molar-refractivity contribution in [2.24, 2.45) is 10.2 Å². The molecule has 0 aliphatic rings. The van der Waals surface area contributed by atoms with E-state index in [1.54, 1.807) is 22.8 Å². The van der Waals surface area contributed by atoms with Crippen molar-refractivity contribution >= 4 is 22.6 Å². The van der Waals surface area contributed by atoms with Crippen molar-refractivity contribution in [3.05, 3.63) is 80.6 Å². The van der Waals surface area contributed by atoms with Crippen molar-refractivity contribution in [1.82, 2.24) is 9.55 Å². The Bertz CT molecular complexity index is 1110. The number of amides is 1. The number of carbonyl (C=O) groups is 1. The van der Waals surface area contributed by atoms with Gasteiger partial charge in [-0.1, -0.05) is 6.07 Å². The predicted molar refractivity (Wildman–Crippen MR) is 92.2 cm³/mol. The van der Waals surface area contributed by atoms with E-state index in [9.17, 15) is 9.18 Å². The summed E-state index contributed by atoms with van der Waals surface area (Å²) in [6, 6.07) is 8.66. The summed E-state index contributed by atoms with van der Waals surface area (Å²) in [5.74, 6) is -1.10. The largest absolute Gasteiger partial charge is 0.338 e. The molecule has 1 unspecified atom stereocenters.